The van der Waals surface area contributed by atoms with Crippen LogP contribution in [0, 0.1) is 0 Å². The Morgan fingerprint density at radius 2 is 1.87 bits per heavy atom. The molecule has 0 spiro atoms. The molecule has 0 saturated heterocycles. The van der Waals surface area contributed by atoms with E-state index in [1.165, 1.54) is 13.2 Å². The van der Waals surface area contributed by atoms with Gasteiger partial charge < -0.3 is 10.6 Å². The molecule has 2 amide bonds. The summed E-state index contributed by atoms with van der Waals surface area (Å²) in [6.07, 6.45) is 1.22. The highest BCUT2D eigenvalue weighted by Gasteiger charge is 2.21. The number of rotatable bonds is 5. The third-order valence-electron chi connectivity index (χ3n) is 3.16. The molecule has 1 atom stereocenters. The van der Waals surface area contributed by atoms with Crippen molar-refractivity contribution in [1.29, 1.82) is 0 Å². The molecule has 0 bridgehead atoms. The fourth-order valence-electron chi connectivity index (χ4n) is 2.02. The monoisotopic (exact) mass is 316 g/mol. The smallest absolute Gasteiger partial charge is 0.328 e. The third-order valence-corrected chi connectivity index (χ3v) is 3.16. The van der Waals surface area contributed by atoms with Crippen molar-refractivity contribution in [2.75, 3.05) is 7.05 Å². The van der Waals surface area contributed by atoms with Gasteiger partial charge in [-0.1, -0.05) is 30.3 Å². The molecule has 8 heteroatoms. The summed E-state index contributed by atoms with van der Waals surface area (Å²) < 4.78 is 1.04. The van der Waals surface area contributed by atoms with E-state index in [9.17, 15) is 19.2 Å². The third kappa shape index (κ3) is 4.16. The van der Waals surface area contributed by atoms with Crippen molar-refractivity contribution in [3.05, 3.63) is 69.0 Å². The van der Waals surface area contributed by atoms with Crippen LogP contribution in [0.2, 0.25) is 0 Å². The molecule has 1 aromatic carbocycles. The van der Waals surface area contributed by atoms with Gasteiger partial charge in [-0.15, -0.1) is 0 Å². The van der Waals surface area contributed by atoms with Crippen LogP contribution < -0.4 is 21.9 Å². The number of hydrogen-bond donors (Lipinski definition) is 3. The second kappa shape index (κ2) is 7.21. The number of aromatic nitrogens is 2. The predicted octanol–water partition coefficient (Wildman–Crippen LogP) is -0.860. The number of nitrogens with zero attached hydrogens (tertiary/aromatic N) is 1. The Morgan fingerprint density at radius 1 is 1.17 bits per heavy atom. The first-order valence-electron chi connectivity index (χ1n) is 6.87. The molecule has 23 heavy (non-hydrogen) atoms. The van der Waals surface area contributed by atoms with Crippen LogP contribution >= 0.6 is 0 Å². The van der Waals surface area contributed by atoms with Crippen LogP contribution in [0.3, 0.4) is 0 Å². The minimum Gasteiger partial charge on any atom is -0.357 e. The van der Waals surface area contributed by atoms with Gasteiger partial charge in [0.2, 0.25) is 11.8 Å². The number of likely N-dealkylation sites (N-methyl/N-ethyl adjacent to an activating group) is 1. The summed E-state index contributed by atoms with van der Waals surface area (Å²) in [5.41, 5.74) is -0.614. The molecule has 0 radical (unpaired) electrons. The molecule has 0 aliphatic rings. The molecule has 0 aliphatic heterocycles. The van der Waals surface area contributed by atoms with Crippen LogP contribution in [0.5, 0.6) is 0 Å². The van der Waals surface area contributed by atoms with Gasteiger partial charge in [-0.05, 0) is 5.56 Å². The van der Waals surface area contributed by atoms with Crippen molar-refractivity contribution in [2.45, 2.75) is 12.6 Å². The molecule has 0 fully saturated rings. The SMILES string of the molecule is CNC(=O)[C@H](NC(=O)Cn1ccc(=O)[nH]c1=O)c1ccccc1. The maximum absolute atomic E-state index is 12.1. The molecule has 1 aromatic heterocycles. The minimum atomic E-state index is -0.868. The Morgan fingerprint density at radius 3 is 2.48 bits per heavy atom. The number of hydrogen-bond acceptors (Lipinski definition) is 4. The van der Waals surface area contributed by atoms with Gasteiger partial charge in [0.1, 0.15) is 12.6 Å². The Hall–Kier alpha value is -3.16. The topological polar surface area (TPSA) is 113 Å². The van der Waals surface area contributed by atoms with E-state index < -0.39 is 23.2 Å². The second-order valence-corrected chi connectivity index (χ2v) is 4.76. The normalized spacial score (nSPS) is 11.5. The number of benzene rings is 1. The summed E-state index contributed by atoms with van der Waals surface area (Å²) >= 11 is 0. The molecule has 8 nitrogen and oxygen atoms in total. The highest BCUT2D eigenvalue weighted by Crippen LogP contribution is 2.12. The van der Waals surface area contributed by atoms with E-state index in [0.717, 1.165) is 10.6 Å². The van der Waals surface area contributed by atoms with Crippen molar-refractivity contribution < 1.29 is 9.59 Å². The number of carbonyl (C=O) groups is 2. The van der Waals surface area contributed by atoms with Crippen LogP contribution in [-0.2, 0) is 16.1 Å². The van der Waals surface area contributed by atoms with Gasteiger partial charge in [-0.2, -0.15) is 0 Å². The summed E-state index contributed by atoms with van der Waals surface area (Å²) in [6.45, 7) is -0.310. The lowest BCUT2D eigenvalue weighted by Gasteiger charge is -2.18. The molecule has 0 saturated carbocycles. The zero-order valence-electron chi connectivity index (χ0n) is 12.4. The summed E-state index contributed by atoms with van der Waals surface area (Å²) in [6, 6.07) is 9.01. The maximum atomic E-state index is 12.1. The van der Waals surface area contributed by atoms with Crippen LogP contribution in [0.4, 0.5) is 0 Å². The Balaban J connectivity index is 2.16. The van der Waals surface area contributed by atoms with Crippen LogP contribution in [-0.4, -0.2) is 28.4 Å². The van der Waals surface area contributed by atoms with Gasteiger partial charge in [0.05, 0.1) is 0 Å². The van der Waals surface area contributed by atoms with Crippen molar-refractivity contribution in [2.24, 2.45) is 0 Å². The van der Waals surface area contributed by atoms with E-state index in [1.54, 1.807) is 30.3 Å². The van der Waals surface area contributed by atoms with Crippen LogP contribution in [0.15, 0.2) is 52.2 Å². The largest absolute Gasteiger partial charge is 0.357 e. The average molecular weight is 316 g/mol. The molecule has 2 rings (SSSR count). The van der Waals surface area contributed by atoms with Crippen LogP contribution in [0.1, 0.15) is 11.6 Å². The second-order valence-electron chi connectivity index (χ2n) is 4.76. The minimum absolute atomic E-state index is 0.310. The zero-order valence-corrected chi connectivity index (χ0v) is 12.4. The van der Waals surface area contributed by atoms with E-state index >= 15 is 0 Å². The predicted molar refractivity (Wildman–Crippen MR) is 82.7 cm³/mol. The van der Waals surface area contributed by atoms with Gasteiger partial charge in [-0.25, -0.2) is 4.79 Å². The lowest BCUT2D eigenvalue weighted by molar-refractivity contribution is -0.129. The van der Waals surface area contributed by atoms with E-state index in [1.807, 2.05) is 0 Å². The highest BCUT2D eigenvalue weighted by molar-refractivity contribution is 5.88. The lowest BCUT2D eigenvalue weighted by Crippen LogP contribution is -2.42. The van der Waals surface area contributed by atoms with E-state index in [4.69, 9.17) is 0 Å². The summed E-state index contributed by atoms with van der Waals surface area (Å²) in [5.74, 6) is -0.907. The standard InChI is InChI=1S/C15H16N4O4/c1-16-14(22)13(10-5-3-2-4-6-10)17-12(21)9-19-8-7-11(20)18-15(19)23/h2-8,13H,9H2,1H3,(H,16,22)(H,17,21)(H,18,20,23)/t13-/m1/s1. The van der Waals surface area contributed by atoms with E-state index in [-0.39, 0.29) is 12.5 Å². The summed E-state index contributed by atoms with van der Waals surface area (Å²) in [4.78, 5) is 48.7. The Bertz CT molecular complexity index is 810. The molecule has 0 unspecified atom stereocenters. The van der Waals surface area contributed by atoms with E-state index in [0.29, 0.717) is 5.56 Å². The lowest BCUT2D eigenvalue weighted by atomic mass is 10.1. The Labute approximate surface area is 131 Å². The van der Waals surface area contributed by atoms with Gasteiger partial charge >= 0.3 is 5.69 Å². The molecule has 2 aromatic rings. The molecule has 3 N–H and O–H groups in total. The molecule has 0 aliphatic carbocycles. The first kappa shape index (κ1) is 16.2. The van der Waals surface area contributed by atoms with Crippen molar-refractivity contribution in [3.63, 3.8) is 0 Å². The Kier molecular flexibility index (Phi) is 5.08. The molecular weight excluding hydrogens is 300 g/mol. The first-order valence-corrected chi connectivity index (χ1v) is 6.87. The number of carbonyl (C=O) groups excluding carboxylic acids is 2. The zero-order chi connectivity index (χ0) is 16.8. The van der Waals surface area contributed by atoms with Crippen LogP contribution in [0.25, 0.3) is 0 Å². The van der Waals surface area contributed by atoms with E-state index in [2.05, 4.69) is 15.6 Å². The van der Waals surface area contributed by atoms with Gasteiger partial charge in [0.25, 0.3) is 5.56 Å². The summed E-state index contributed by atoms with van der Waals surface area (Å²) in [5, 5.41) is 5.05. The van der Waals surface area contributed by atoms with Gasteiger partial charge in [0.15, 0.2) is 0 Å². The van der Waals surface area contributed by atoms with Crippen molar-refractivity contribution in [1.82, 2.24) is 20.2 Å². The molecular formula is C15H16N4O4. The maximum Gasteiger partial charge on any atom is 0.328 e. The number of H-pyrrole nitrogens is 1. The average Bonchev–Trinajstić information content (AvgIpc) is 2.55. The fourth-order valence-corrected chi connectivity index (χ4v) is 2.02. The molecule has 1 heterocycles. The summed E-state index contributed by atoms with van der Waals surface area (Å²) in [7, 11) is 1.47. The van der Waals surface area contributed by atoms with Crippen molar-refractivity contribution >= 4 is 11.8 Å². The number of nitrogens with one attached hydrogen (secondary N) is 3. The van der Waals surface area contributed by atoms with Gasteiger partial charge in [-0.3, -0.25) is 23.9 Å². The molecule has 120 valence electrons. The first-order chi connectivity index (χ1) is 11.0. The van der Waals surface area contributed by atoms with Gasteiger partial charge in [0, 0.05) is 19.3 Å². The van der Waals surface area contributed by atoms with Crippen molar-refractivity contribution in [3.8, 4) is 0 Å². The fraction of sp³-hybridized carbons (Fsp3) is 0.200. The number of aromatic amines is 1. The highest BCUT2D eigenvalue weighted by atomic mass is 16.2. The number of amides is 2. The quantitative estimate of drug-likeness (QED) is 0.666.